The van der Waals surface area contributed by atoms with Gasteiger partial charge in [-0.15, -0.1) is 0 Å². The molecule has 0 aliphatic carbocycles. The van der Waals surface area contributed by atoms with Crippen molar-refractivity contribution in [3.05, 3.63) is 42.0 Å². The first-order chi connectivity index (χ1) is 13.2. The average molecular weight is 388 g/mol. The Balaban J connectivity index is 1.58. The van der Waals surface area contributed by atoms with Crippen molar-refractivity contribution in [3.63, 3.8) is 0 Å². The van der Waals surface area contributed by atoms with Gasteiger partial charge in [0.25, 0.3) is 0 Å². The molecule has 3 rings (SSSR count). The first-order valence-electron chi connectivity index (χ1n) is 9.02. The SMILES string of the molecule is CCOc1ccc(CNC(=S)Nc2ccc3c(c2)OCCO3)cc1OCC. The van der Waals surface area contributed by atoms with E-state index in [1.807, 2.05) is 50.2 Å². The second-order valence-corrected chi connectivity index (χ2v) is 6.22. The third-order valence-corrected chi connectivity index (χ3v) is 4.11. The standard InChI is InChI=1S/C20H24N2O4S/c1-3-23-16-7-5-14(11-18(16)24-4-2)13-21-20(27)22-15-6-8-17-19(12-15)26-10-9-25-17/h5-8,11-12H,3-4,9-10,13H2,1-2H3,(H2,21,22,27). The lowest BCUT2D eigenvalue weighted by molar-refractivity contribution is 0.171. The van der Waals surface area contributed by atoms with E-state index < -0.39 is 0 Å². The zero-order valence-electron chi connectivity index (χ0n) is 15.5. The average Bonchev–Trinajstić information content (AvgIpc) is 2.68. The summed E-state index contributed by atoms with van der Waals surface area (Å²) in [6.45, 7) is 6.79. The van der Waals surface area contributed by atoms with E-state index in [1.54, 1.807) is 0 Å². The number of thiocarbonyl (C=S) groups is 1. The van der Waals surface area contributed by atoms with Crippen LogP contribution < -0.4 is 29.6 Å². The van der Waals surface area contributed by atoms with E-state index in [0.29, 0.717) is 38.1 Å². The Morgan fingerprint density at radius 1 is 0.963 bits per heavy atom. The Bertz CT molecular complexity index is 798. The van der Waals surface area contributed by atoms with Gasteiger partial charge in [0, 0.05) is 18.3 Å². The van der Waals surface area contributed by atoms with Gasteiger partial charge in [-0.2, -0.15) is 0 Å². The summed E-state index contributed by atoms with van der Waals surface area (Å²) < 4.78 is 22.4. The molecule has 0 spiro atoms. The summed E-state index contributed by atoms with van der Waals surface area (Å²) in [6, 6.07) is 11.5. The maximum atomic E-state index is 5.66. The minimum Gasteiger partial charge on any atom is -0.490 e. The summed E-state index contributed by atoms with van der Waals surface area (Å²) in [5, 5.41) is 6.89. The summed E-state index contributed by atoms with van der Waals surface area (Å²) in [4.78, 5) is 0. The van der Waals surface area contributed by atoms with Crippen LogP contribution in [0, 0.1) is 0 Å². The first-order valence-corrected chi connectivity index (χ1v) is 9.43. The highest BCUT2D eigenvalue weighted by molar-refractivity contribution is 7.80. The Kier molecular flexibility index (Phi) is 6.59. The predicted octanol–water partition coefficient (Wildman–Crippen LogP) is 3.74. The number of rotatable bonds is 7. The van der Waals surface area contributed by atoms with Crippen molar-refractivity contribution in [3.8, 4) is 23.0 Å². The zero-order chi connectivity index (χ0) is 19.1. The van der Waals surface area contributed by atoms with Crippen LogP contribution in [0.25, 0.3) is 0 Å². The second-order valence-electron chi connectivity index (χ2n) is 5.81. The van der Waals surface area contributed by atoms with Crippen LogP contribution in [0.4, 0.5) is 5.69 Å². The van der Waals surface area contributed by atoms with Crippen LogP contribution in [-0.2, 0) is 6.54 Å². The molecule has 0 bridgehead atoms. The highest BCUT2D eigenvalue weighted by Crippen LogP contribution is 2.32. The minimum atomic E-state index is 0.526. The van der Waals surface area contributed by atoms with E-state index in [0.717, 1.165) is 34.2 Å². The smallest absolute Gasteiger partial charge is 0.171 e. The van der Waals surface area contributed by atoms with E-state index in [2.05, 4.69) is 10.6 Å². The summed E-state index contributed by atoms with van der Waals surface area (Å²) >= 11 is 5.39. The molecule has 144 valence electrons. The van der Waals surface area contributed by atoms with Crippen molar-refractivity contribution in [2.24, 2.45) is 0 Å². The normalized spacial score (nSPS) is 12.2. The number of nitrogens with one attached hydrogen (secondary N) is 2. The molecule has 27 heavy (non-hydrogen) atoms. The first kappa shape index (κ1) is 19.1. The van der Waals surface area contributed by atoms with Gasteiger partial charge in [0.2, 0.25) is 0 Å². The van der Waals surface area contributed by atoms with Crippen molar-refractivity contribution in [1.29, 1.82) is 0 Å². The highest BCUT2D eigenvalue weighted by Gasteiger charge is 2.12. The van der Waals surface area contributed by atoms with Gasteiger partial charge in [-0.1, -0.05) is 6.07 Å². The molecule has 2 aromatic rings. The largest absolute Gasteiger partial charge is 0.490 e. The number of anilines is 1. The molecule has 2 aromatic carbocycles. The molecule has 0 fully saturated rings. The minimum absolute atomic E-state index is 0.526. The van der Waals surface area contributed by atoms with Gasteiger partial charge in [-0.05, 0) is 55.9 Å². The quantitative estimate of drug-likeness (QED) is 0.701. The summed E-state index contributed by atoms with van der Waals surface area (Å²) in [7, 11) is 0. The van der Waals surface area contributed by atoms with E-state index >= 15 is 0 Å². The lowest BCUT2D eigenvalue weighted by Gasteiger charge is -2.19. The van der Waals surface area contributed by atoms with Crippen molar-refractivity contribution in [2.45, 2.75) is 20.4 Å². The molecule has 7 heteroatoms. The molecule has 1 aliphatic rings. The van der Waals surface area contributed by atoms with Crippen LogP contribution in [0.2, 0.25) is 0 Å². The molecule has 0 saturated heterocycles. The van der Waals surface area contributed by atoms with Crippen LogP contribution in [0.1, 0.15) is 19.4 Å². The van der Waals surface area contributed by atoms with Gasteiger partial charge in [-0.25, -0.2) is 0 Å². The van der Waals surface area contributed by atoms with E-state index in [4.69, 9.17) is 31.2 Å². The summed E-state index contributed by atoms with van der Waals surface area (Å²) in [5.74, 6) is 2.97. The molecule has 0 amide bonds. The molecule has 6 nitrogen and oxygen atoms in total. The molecular weight excluding hydrogens is 364 g/mol. The third-order valence-electron chi connectivity index (χ3n) is 3.86. The van der Waals surface area contributed by atoms with Crippen molar-refractivity contribution < 1.29 is 18.9 Å². The van der Waals surface area contributed by atoms with Gasteiger partial charge in [0.1, 0.15) is 13.2 Å². The fraction of sp³-hybridized carbons (Fsp3) is 0.350. The van der Waals surface area contributed by atoms with Crippen molar-refractivity contribution >= 4 is 23.0 Å². The molecular formula is C20H24N2O4S. The van der Waals surface area contributed by atoms with E-state index in [1.165, 1.54) is 0 Å². The van der Waals surface area contributed by atoms with E-state index in [-0.39, 0.29) is 0 Å². The van der Waals surface area contributed by atoms with E-state index in [9.17, 15) is 0 Å². The maximum absolute atomic E-state index is 5.66. The lowest BCUT2D eigenvalue weighted by atomic mass is 10.2. The zero-order valence-corrected chi connectivity index (χ0v) is 16.4. The lowest BCUT2D eigenvalue weighted by Crippen LogP contribution is -2.28. The van der Waals surface area contributed by atoms with Gasteiger partial charge < -0.3 is 29.6 Å². The third kappa shape index (κ3) is 5.17. The Hall–Kier alpha value is -2.67. The molecule has 0 aromatic heterocycles. The number of benzene rings is 2. The molecule has 0 radical (unpaired) electrons. The molecule has 2 N–H and O–H groups in total. The number of hydrogen-bond acceptors (Lipinski definition) is 5. The Morgan fingerprint density at radius 2 is 1.70 bits per heavy atom. The van der Waals surface area contributed by atoms with Crippen LogP contribution >= 0.6 is 12.2 Å². The fourth-order valence-corrected chi connectivity index (χ4v) is 2.87. The predicted molar refractivity (Wildman–Crippen MR) is 109 cm³/mol. The van der Waals surface area contributed by atoms with Crippen LogP contribution in [0.15, 0.2) is 36.4 Å². The fourth-order valence-electron chi connectivity index (χ4n) is 2.68. The topological polar surface area (TPSA) is 61.0 Å². The molecule has 0 saturated carbocycles. The van der Waals surface area contributed by atoms with Gasteiger partial charge in [0.05, 0.1) is 13.2 Å². The number of ether oxygens (including phenoxy) is 4. The summed E-state index contributed by atoms with van der Waals surface area (Å²) in [6.07, 6.45) is 0. The Morgan fingerprint density at radius 3 is 2.48 bits per heavy atom. The van der Waals surface area contributed by atoms with Crippen LogP contribution in [0.5, 0.6) is 23.0 Å². The number of fused-ring (bicyclic) bond motifs is 1. The van der Waals surface area contributed by atoms with Crippen molar-refractivity contribution in [2.75, 3.05) is 31.7 Å². The van der Waals surface area contributed by atoms with Gasteiger partial charge in [0.15, 0.2) is 28.1 Å². The van der Waals surface area contributed by atoms with Crippen LogP contribution in [-0.4, -0.2) is 31.5 Å². The molecule has 0 atom stereocenters. The number of hydrogen-bond donors (Lipinski definition) is 2. The molecule has 1 heterocycles. The van der Waals surface area contributed by atoms with Gasteiger partial charge in [-0.3, -0.25) is 0 Å². The van der Waals surface area contributed by atoms with Gasteiger partial charge >= 0.3 is 0 Å². The molecule has 1 aliphatic heterocycles. The van der Waals surface area contributed by atoms with Crippen molar-refractivity contribution in [1.82, 2.24) is 5.32 Å². The molecule has 0 unspecified atom stereocenters. The Labute approximate surface area is 164 Å². The van der Waals surface area contributed by atoms with Crippen LogP contribution in [0.3, 0.4) is 0 Å². The summed E-state index contributed by atoms with van der Waals surface area (Å²) in [5.41, 5.74) is 1.90. The monoisotopic (exact) mass is 388 g/mol. The second kappa shape index (κ2) is 9.32. The highest BCUT2D eigenvalue weighted by atomic mass is 32.1. The maximum Gasteiger partial charge on any atom is 0.171 e.